The highest BCUT2D eigenvalue weighted by atomic mass is 127. The zero-order valence-corrected chi connectivity index (χ0v) is 20.2. The summed E-state index contributed by atoms with van der Waals surface area (Å²) in [4.78, 5) is 7.16. The average Bonchev–Trinajstić information content (AvgIpc) is 3.29. The summed E-state index contributed by atoms with van der Waals surface area (Å²) in [7, 11) is 1.67. The maximum Gasteiger partial charge on any atom is 0.191 e. The van der Waals surface area contributed by atoms with Crippen molar-refractivity contribution < 1.29 is 18.3 Å². The van der Waals surface area contributed by atoms with E-state index in [0.717, 1.165) is 36.8 Å². The topological polar surface area (TPSA) is 71.3 Å². The molecular formula is C22H32FIN4O3. The van der Waals surface area contributed by atoms with Crippen molar-refractivity contribution >= 4 is 29.9 Å². The number of ether oxygens (including phenoxy) is 2. The number of rotatable bonds is 10. The minimum absolute atomic E-state index is 0. The Bertz CT molecular complexity index is 753. The monoisotopic (exact) mass is 546 g/mol. The fourth-order valence-corrected chi connectivity index (χ4v) is 3.39. The Morgan fingerprint density at radius 1 is 1.16 bits per heavy atom. The van der Waals surface area contributed by atoms with Crippen molar-refractivity contribution in [2.45, 2.75) is 12.5 Å². The fraction of sp³-hybridized carbons (Fsp3) is 0.500. The number of hydrogen-bond acceptors (Lipinski definition) is 5. The van der Waals surface area contributed by atoms with E-state index in [1.54, 1.807) is 13.4 Å². The molecule has 2 heterocycles. The lowest BCUT2D eigenvalue weighted by molar-refractivity contribution is 0.0179. The molecule has 1 atom stereocenters. The number of hydrogen-bond donors (Lipinski definition) is 2. The number of nitrogens with one attached hydrogen (secondary N) is 2. The summed E-state index contributed by atoms with van der Waals surface area (Å²) < 4.78 is 29.5. The molecule has 31 heavy (non-hydrogen) atoms. The van der Waals surface area contributed by atoms with Gasteiger partial charge in [0.2, 0.25) is 0 Å². The molecule has 0 spiro atoms. The Morgan fingerprint density at radius 3 is 2.58 bits per heavy atom. The molecule has 0 aliphatic carbocycles. The van der Waals surface area contributed by atoms with Crippen LogP contribution in [0.3, 0.4) is 0 Å². The lowest BCUT2D eigenvalue weighted by Gasteiger charge is -2.34. The SMILES string of the molecule is COCCNC(=NCC(c1ccc(F)cc1)N1CCOCC1)NCCc1ccco1.I. The average molecular weight is 546 g/mol. The van der Waals surface area contributed by atoms with Gasteiger partial charge in [-0.3, -0.25) is 9.89 Å². The highest BCUT2D eigenvalue weighted by Crippen LogP contribution is 2.22. The number of furan rings is 1. The summed E-state index contributed by atoms with van der Waals surface area (Å²) >= 11 is 0. The van der Waals surface area contributed by atoms with E-state index in [9.17, 15) is 4.39 Å². The molecule has 3 rings (SSSR count). The van der Waals surface area contributed by atoms with E-state index in [-0.39, 0.29) is 35.8 Å². The largest absolute Gasteiger partial charge is 0.469 e. The zero-order valence-electron chi connectivity index (χ0n) is 17.9. The van der Waals surface area contributed by atoms with Gasteiger partial charge in [0.1, 0.15) is 11.6 Å². The van der Waals surface area contributed by atoms with Crippen LogP contribution in [-0.2, 0) is 15.9 Å². The van der Waals surface area contributed by atoms with Gasteiger partial charge in [-0.05, 0) is 29.8 Å². The number of nitrogens with zero attached hydrogens (tertiary/aromatic N) is 2. The van der Waals surface area contributed by atoms with E-state index in [4.69, 9.17) is 18.9 Å². The first-order chi connectivity index (χ1) is 14.8. The van der Waals surface area contributed by atoms with Gasteiger partial charge >= 0.3 is 0 Å². The van der Waals surface area contributed by atoms with Crippen LogP contribution in [-0.4, -0.2) is 70.5 Å². The molecule has 1 unspecified atom stereocenters. The van der Waals surface area contributed by atoms with Crippen LogP contribution in [0.2, 0.25) is 0 Å². The maximum atomic E-state index is 13.4. The van der Waals surface area contributed by atoms with Crippen LogP contribution in [0.15, 0.2) is 52.1 Å². The summed E-state index contributed by atoms with van der Waals surface area (Å²) in [5.41, 5.74) is 1.05. The van der Waals surface area contributed by atoms with Gasteiger partial charge in [0.25, 0.3) is 0 Å². The third-order valence-electron chi connectivity index (χ3n) is 5.01. The van der Waals surface area contributed by atoms with Crippen LogP contribution in [0.1, 0.15) is 17.4 Å². The molecule has 7 nitrogen and oxygen atoms in total. The summed E-state index contributed by atoms with van der Waals surface area (Å²) in [6.07, 6.45) is 2.44. The van der Waals surface area contributed by atoms with Crippen molar-refractivity contribution in [1.29, 1.82) is 0 Å². The van der Waals surface area contributed by atoms with E-state index in [0.29, 0.717) is 39.5 Å². The first kappa shape index (κ1) is 25.6. The summed E-state index contributed by atoms with van der Waals surface area (Å²) in [5.74, 6) is 1.42. The van der Waals surface area contributed by atoms with E-state index >= 15 is 0 Å². The normalized spacial score (nSPS) is 15.9. The van der Waals surface area contributed by atoms with E-state index < -0.39 is 0 Å². The van der Waals surface area contributed by atoms with Crippen molar-refractivity contribution in [2.24, 2.45) is 4.99 Å². The molecule has 172 valence electrons. The van der Waals surface area contributed by atoms with Crippen molar-refractivity contribution in [3.8, 4) is 0 Å². The Morgan fingerprint density at radius 2 is 1.90 bits per heavy atom. The Labute approximate surface area is 200 Å². The van der Waals surface area contributed by atoms with Crippen LogP contribution in [0.5, 0.6) is 0 Å². The van der Waals surface area contributed by atoms with Crippen LogP contribution < -0.4 is 10.6 Å². The van der Waals surface area contributed by atoms with Crippen molar-refractivity contribution in [2.75, 3.05) is 59.7 Å². The number of aliphatic imine (C=N–C) groups is 1. The van der Waals surface area contributed by atoms with Gasteiger partial charge in [-0.2, -0.15) is 0 Å². The minimum atomic E-state index is -0.232. The molecule has 0 bridgehead atoms. The van der Waals surface area contributed by atoms with Crippen molar-refractivity contribution in [1.82, 2.24) is 15.5 Å². The molecule has 0 saturated carbocycles. The third kappa shape index (κ3) is 8.76. The molecule has 0 radical (unpaired) electrons. The number of halogens is 2. The number of methoxy groups -OCH3 is 1. The number of morpholine rings is 1. The van der Waals surface area contributed by atoms with Crippen LogP contribution in [0.4, 0.5) is 4.39 Å². The lowest BCUT2D eigenvalue weighted by Crippen LogP contribution is -2.42. The molecule has 2 aromatic rings. The Balaban J connectivity index is 0.00000341. The predicted octanol–water partition coefficient (Wildman–Crippen LogP) is 2.83. The van der Waals surface area contributed by atoms with Gasteiger partial charge in [0.05, 0.1) is 38.7 Å². The molecular weight excluding hydrogens is 514 g/mol. The quantitative estimate of drug-likeness (QED) is 0.207. The second-order valence-electron chi connectivity index (χ2n) is 7.08. The highest BCUT2D eigenvalue weighted by molar-refractivity contribution is 14.0. The standard InChI is InChI=1S/C22H31FN4O3.HI/c1-28-14-10-25-22(24-9-8-20-3-2-13-30-20)26-17-21(27-11-15-29-16-12-27)18-4-6-19(23)7-5-18;/h2-7,13,21H,8-12,14-17H2,1H3,(H2,24,25,26);1H. The lowest BCUT2D eigenvalue weighted by atomic mass is 10.0. The molecule has 9 heteroatoms. The van der Waals surface area contributed by atoms with Gasteiger partial charge in [-0.1, -0.05) is 12.1 Å². The van der Waals surface area contributed by atoms with Gasteiger partial charge in [-0.25, -0.2) is 4.39 Å². The van der Waals surface area contributed by atoms with Crippen LogP contribution >= 0.6 is 24.0 Å². The van der Waals surface area contributed by atoms with E-state index in [1.165, 1.54) is 12.1 Å². The molecule has 2 N–H and O–H groups in total. The summed E-state index contributed by atoms with van der Waals surface area (Å²) in [6, 6.07) is 10.6. The van der Waals surface area contributed by atoms with E-state index in [2.05, 4.69) is 15.5 Å². The number of benzene rings is 1. The molecule has 1 aliphatic heterocycles. The summed E-state index contributed by atoms with van der Waals surface area (Å²) in [5, 5.41) is 6.66. The molecule has 1 fully saturated rings. The van der Waals surface area contributed by atoms with Gasteiger partial charge in [-0.15, -0.1) is 24.0 Å². The Kier molecular flexibility index (Phi) is 11.9. The molecule has 0 amide bonds. The van der Waals surface area contributed by atoms with Gasteiger partial charge in [0.15, 0.2) is 5.96 Å². The minimum Gasteiger partial charge on any atom is -0.469 e. The summed E-state index contributed by atoms with van der Waals surface area (Å²) in [6.45, 7) is 5.54. The second-order valence-corrected chi connectivity index (χ2v) is 7.08. The smallest absolute Gasteiger partial charge is 0.191 e. The van der Waals surface area contributed by atoms with Crippen molar-refractivity contribution in [3.05, 3.63) is 59.8 Å². The zero-order chi connectivity index (χ0) is 21.0. The van der Waals surface area contributed by atoms with Crippen molar-refractivity contribution in [3.63, 3.8) is 0 Å². The molecule has 1 aromatic carbocycles. The fourth-order valence-electron chi connectivity index (χ4n) is 3.39. The second kappa shape index (κ2) is 14.4. The van der Waals surface area contributed by atoms with Gasteiger partial charge in [0, 0.05) is 39.7 Å². The molecule has 1 aromatic heterocycles. The highest BCUT2D eigenvalue weighted by Gasteiger charge is 2.22. The first-order valence-corrected chi connectivity index (χ1v) is 10.4. The van der Waals surface area contributed by atoms with E-state index in [1.807, 2.05) is 24.3 Å². The molecule has 1 saturated heterocycles. The maximum absolute atomic E-state index is 13.4. The third-order valence-corrected chi connectivity index (χ3v) is 5.01. The predicted molar refractivity (Wildman–Crippen MR) is 130 cm³/mol. The molecule has 1 aliphatic rings. The van der Waals surface area contributed by atoms with Crippen LogP contribution in [0.25, 0.3) is 0 Å². The van der Waals surface area contributed by atoms with Gasteiger partial charge < -0.3 is 24.5 Å². The van der Waals surface area contributed by atoms with Crippen LogP contribution in [0, 0.1) is 5.82 Å². The first-order valence-electron chi connectivity index (χ1n) is 10.4. The number of guanidine groups is 1. The Hall–Kier alpha value is -1.69.